The van der Waals surface area contributed by atoms with Crippen LogP contribution < -0.4 is 0 Å². The van der Waals surface area contributed by atoms with Crippen molar-refractivity contribution in [1.29, 1.82) is 0 Å². The summed E-state index contributed by atoms with van der Waals surface area (Å²) in [6.07, 6.45) is 0. The molecular weight excluding hydrogens is 211 g/mol. The van der Waals surface area contributed by atoms with Crippen molar-refractivity contribution < 1.29 is 9.18 Å². The van der Waals surface area contributed by atoms with Gasteiger partial charge in [-0.15, -0.1) is 0 Å². The van der Waals surface area contributed by atoms with Crippen LogP contribution in [0, 0.1) is 12.7 Å². The van der Waals surface area contributed by atoms with Gasteiger partial charge >= 0.3 is 0 Å². The summed E-state index contributed by atoms with van der Waals surface area (Å²) in [6, 6.07) is 4.64. The third kappa shape index (κ3) is 3.67. The van der Waals surface area contributed by atoms with Gasteiger partial charge in [-0.1, -0.05) is 26.0 Å². The summed E-state index contributed by atoms with van der Waals surface area (Å²) in [7, 11) is 0. The van der Waals surface area contributed by atoms with Crippen LogP contribution in [0.5, 0.6) is 0 Å². The van der Waals surface area contributed by atoms with E-state index >= 15 is 0 Å². The smallest absolute Gasteiger partial charge is 0.172 e. The Kier molecular flexibility index (Phi) is 4.33. The average molecular weight is 226 g/mol. The Bertz CT molecular complexity index is 361. The Balaban J connectivity index is 2.70. The maximum absolute atomic E-state index is 13.2. The summed E-state index contributed by atoms with van der Waals surface area (Å²) >= 11 is 1.57. The van der Waals surface area contributed by atoms with E-state index in [1.165, 1.54) is 6.07 Å². The highest BCUT2D eigenvalue weighted by molar-refractivity contribution is 8.00. The minimum atomic E-state index is -0.310. The summed E-state index contributed by atoms with van der Waals surface area (Å²) in [5.74, 6) is 0.100. The molecule has 1 aromatic rings. The molecule has 82 valence electrons. The van der Waals surface area contributed by atoms with Gasteiger partial charge in [0, 0.05) is 5.56 Å². The highest BCUT2D eigenvalue weighted by Gasteiger charge is 2.09. The van der Waals surface area contributed by atoms with Crippen LogP contribution in [-0.4, -0.2) is 16.8 Å². The van der Waals surface area contributed by atoms with E-state index in [9.17, 15) is 9.18 Å². The van der Waals surface area contributed by atoms with E-state index in [1.807, 2.05) is 13.8 Å². The van der Waals surface area contributed by atoms with Crippen molar-refractivity contribution in [2.45, 2.75) is 26.0 Å². The number of ketones is 1. The van der Waals surface area contributed by atoms with Gasteiger partial charge in [0.25, 0.3) is 0 Å². The number of thioether (sulfide) groups is 1. The third-order valence-corrected chi connectivity index (χ3v) is 3.14. The average Bonchev–Trinajstić information content (AvgIpc) is 2.18. The van der Waals surface area contributed by atoms with Crippen LogP contribution in [0.4, 0.5) is 4.39 Å². The minimum absolute atomic E-state index is 0.00685. The largest absolute Gasteiger partial charge is 0.293 e. The Hall–Kier alpha value is -0.830. The number of hydrogen-bond acceptors (Lipinski definition) is 2. The topological polar surface area (TPSA) is 17.1 Å². The Morgan fingerprint density at radius 1 is 1.47 bits per heavy atom. The van der Waals surface area contributed by atoms with E-state index in [2.05, 4.69) is 0 Å². The van der Waals surface area contributed by atoms with Gasteiger partial charge in [-0.3, -0.25) is 4.79 Å². The molecule has 0 amide bonds. The highest BCUT2D eigenvalue weighted by atomic mass is 32.2. The van der Waals surface area contributed by atoms with Gasteiger partial charge in [0.1, 0.15) is 5.82 Å². The zero-order valence-corrected chi connectivity index (χ0v) is 10.0. The van der Waals surface area contributed by atoms with Gasteiger partial charge in [-0.25, -0.2) is 4.39 Å². The zero-order valence-electron chi connectivity index (χ0n) is 9.21. The number of carbonyl (C=O) groups is 1. The predicted molar refractivity (Wildman–Crippen MR) is 63.1 cm³/mol. The number of Topliss-reactive ketones (excluding diaryl/α,β-unsaturated/α-hetero) is 1. The van der Waals surface area contributed by atoms with Crippen molar-refractivity contribution >= 4 is 17.5 Å². The molecule has 1 rings (SSSR count). The molecule has 0 heterocycles. The molecule has 0 radical (unpaired) electrons. The van der Waals surface area contributed by atoms with Gasteiger partial charge in [0.15, 0.2) is 5.78 Å². The minimum Gasteiger partial charge on any atom is -0.293 e. The first-order valence-electron chi connectivity index (χ1n) is 4.91. The molecule has 1 aromatic carbocycles. The third-order valence-electron chi connectivity index (χ3n) is 2.04. The molecule has 0 spiro atoms. The Morgan fingerprint density at radius 3 is 2.67 bits per heavy atom. The van der Waals surface area contributed by atoms with E-state index in [1.54, 1.807) is 30.8 Å². The second-order valence-corrected chi connectivity index (χ2v) is 5.31. The van der Waals surface area contributed by atoms with Gasteiger partial charge in [-0.05, 0) is 23.8 Å². The molecule has 0 fully saturated rings. The first kappa shape index (κ1) is 12.2. The maximum Gasteiger partial charge on any atom is 0.172 e. The lowest BCUT2D eigenvalue weighted by Gasteiger charge is -2.05. The van der Waals surface area contributed by atoms with E-state index < -0.39 is 0 Å². The van der Waals surface area contributed by atoms with E-state index in [0.717, 1.165) is 0 Å². The molecule has 0 N–H and O–H groups in total. The molecule has 0 bridgehead atoms. The fourth-order valence-corrected chi connectivity index (χ4v) is 1.74. The van der Waals surface area contributed by atoms with Crippen molar-refractivity contribution in [2.24, 2.45) is 0 Å². The molecule has 0 saturated carbocycles. The molecule has 0 aliphatic heterocycles. The maximum atomic E-state index is 13.2. The van der Waals surface area contributed by atoms with E-state index in [-0.39, 0.29) is 11.6 Å². The van der Waals surface area contributed by atoms with Crippen LogP contribution in [0.2, 0.25) is 0 Å². The van der Waals surface area contributed by atoms with Crippen molar-refractivity contribution in [1.82, 2.24) is 0 Å². The summed E-state index contributed by atoms with van der Waals surface area (Å²) in [4.78, 5) is 11.6. The normalized spacial score (nSPS) is 10.7. The molecule has 3 heteroatoms. The van der Waals surface area contributed by atoms with Crippen LogP contribution in [0.15, 0.2) is 18.2 Å². The fraction of sp³-hybridized carbons (Fsp3) is 0.417. The second-order valence-electron chi connectivity index (χ2n) is 3.75. The first-order valence-corrected chi connectivity index (χ1v) is 5.96. The molecule has 0 aromatic heterocycles. The number of carbonyl (C=O) groups excluding carboxylic acids is 1. The Morgan fingerprint density at radius 2 is 2.13 bits per heavy atom. The first-order chi connectivity index (χ1) is 7.00. The number of halogens is 1. The summed E-state index contributed by atoms with van der Waals surface area (Å²) in [5.41, 5.74) is 1.04. The van der Waals surface area contributed by atoms with Gasteiger partial charge < -0.3 is 0 Å². The standard InChI is InChI=1S/C12H15FOS/c1-8(2)15-7-12(14)10-5-4-9(3)11(13)6-10/h4-6,8H,7H2,1-3H3. The fourth-order valence-electron chi connectivity index (χ4n) is 1.09. The van der Waals surface area contributed by atoms with Gasteiger partial charge in [0.2, 0.25) is 0 Å². The molecule has 15 heavy (non-hydrogen) atoms. The van der Waals surface area contributed by atoms with Crippen LogP contribution in [0.25, 0.3) is 0 Å². The molecular formula is C12H15FOS. The van der Waals surface area contributed by atoms with Crippen LogP contribution in [0.1, 0.15) is 29.8 Å². The van der Waals surface area contributed by atoms with Crippen molar-refractivity contribution in [3.63, 3.8) is 0 Å². The van der Waals surface area contributed by atoms with E-state index in [4.69, 9.17) is 0 Å². The number of rotatable bonds is 4. The SMILES string of the molecule is Cc1ccc(C(=O)CSC(C)C)cc1F. The summed E-state index contributed by atoms with van der Waals surface area (Å²) < 4.78 is 13.2. The molecule has 1 nitrogen and oxygen atoms in total. The number of hydrogen-bond donors (Lipinski definition) is 0. The molecule has 0 aliphatic rings. The van der Waals surface area contributed by atoms with Gasteiger partial charge in [0.05, 0.1) is 5.75 Å². The van der Waals surface area contributed by atoms with Crippen molar-refractivity contribution in [3.8, 4) is 0 Å². The van der Waals surface area contributed by atoms with Crippen LogP contribution >= 0.6 is 11.8 Å². The van der Waals surface area contributed by atoms with E-state index in [0.29, 0.717) is 22.1 Å². The molecule has 0 unspecified atom stereocenters. The van der Waals surface area contributed by atoms with Gasteiger partial charge in [-0.2, -0.15) is 11.8 Å². The lowest BCUT2D eigenvalue weighted by molar-refractivity contribution is 0.102. The van der Waals surface area contributed by atoms with Crippen LogP contribution in [-0.2, 0) is 0 Å². The monoisotopic (exact) mass is 226 g/mol. The molecule has 0 aliphatic carbocycles. The number of aryl methyl sites for hydroxylation is 1. The summed E-state index contributed by atoms with van der Waals surface area (Å²) in [5, 5.41) is 0.421. The van der Waals surface area contributed by atoms with Crippen molar-refractivity contribution in [3.05, 3.63) is 35.1 Å². The summed E-state index contributed by atoms with van der Waals surface area (Å²) in [6.45, 7) is 5.76. The second kappa shape index (κ2) is 5.31. The molecule has 0 atom stereocenters. The zero-order chi connectivity index (χ0) is 11.4. The lowest BCUT2D eigenvalue weighted by atomic mass is 10.1. The van der Waals surface area contributed by atoms with Crippen molar-refractivity contribution in [2.75, 3.05) is 5.75 Å². The predicted octanol–water partition coefficient (Wildman–Crippen LogP) is 3.46. The number of benzene rings is 1. The Labute approximate surface area is 94.1 Å². The molecule has 0 saturated heterocycles. The quantitative estimate of drug-likeness (QED) is 0.731. The highest BCUT2D eigenvalue weighted by Crippen LogP contribution is 2.14. The lowest BCUT2D eigenvalue weighted by Crippen LogP contribution is -2.05. The van der Waals surface area contributed by atoms with Crippen LogP contribution in [0.3, 0.4) is 0 Å².